The van der Waals surface area contributed by atoms with Crippen molar-refractivity contribution in [1.29, 1.82) is 0 Å². The molecule has 0 saturated carbocycles. The first-order valence-electron chi connectivity index (χ1n) is 10.9. The lowest BCUT2D eigenvalue weighted by molar-refractivity contribution is 0.0736. The Morgan fingerprint density at radius 3 is 2.53 bits per heavy atom. The van der Waals surface area contributed by atoms with Crippen LogP contribution in [0.25, 0.3) is 44.2 Å². The highest BCUT2D eigenvalue weighted by Crippen LogP contribution is 2.32. The monoisotopic (exact) mass is 421 g/mol. The van der Waals surface area contributed by atoms with Crippen LogP contribution >= 0.6 is 0 Å². The molecule has 3 N–H and O–H groups in total. The molecule has 0 aliphatic carbocycles. The van der Waals surface area contributed by atoms with E-state index in [0.29, 0.717) is 0 Å². The van der Waals surface area contributed by atoms with Gasteiger partial charge in [0.05, 0.1) is 0 Å². The van der Waals surface area contributed by atoms with Gasteiger partial charge in [0.1, 0.15) is 5.65 Å². The second-order valence-corrected chi connectivity index (χ2v) is 8.22. The maximum atomic E-state index is 12.7. The van der Waals surface area contributed by atoms with E-state index in [2.05, 4.69) is 50.6 Å². The summed E-state index contributed by atoms with van der Waals surface area (Å²) >= 11 is 0. The molecule has 6 nitrogen and oxygen atoms in total. The van der Waals surface area contributed by atoms with Crippen molar-refractivity contribution >= 4 is 27.8 Å². The first kappa shape index (κ1) is 18.8. The predicted octanol–water partition coefficient (Wildman–Crippen LogP) is 4.42. The van der Waals surface area contributed by atoms with E-state index in [4.69, 9.17) is 0 Å². The van der Waals surface area contributed by atoms with Crippen LogP contribution in [0.1, 0.15) is 10.4 Å². The number of hydrogen-bond donors (Lipinski definition) is 3. The second kappa shape index (κ2) is 7.66. The fraction of sp³-hybridized carbons (Fsp3) is 0.154. The molecule has 0 spiro atoms. The lowest BCUT2D eigenvalue weighted by Crippen LogP contribution is -2.46. The number of nitrogens with zero attached hydrogens (tertiary/aromatic N) is 2. The number of piperazine rings is 1. The van der Waals surface area contributed by atoms with Crippen molar-refractivity contribution < 1.29 is 4.79 Å². The van der Waals surface area contributed by atoms with Gasteiger partial charge >= 0.3 is 0 Å². The van der Waals surface area contributed by atoms with Gasteiger partial charge in [-0.15, -0.1) is 0 Å². The third-order valence-electron chi connectivity index (χ3n) is 6.26. The zero-order valence-corrected chi connectivity index (χ0v) is 17.6. The predicted molar refractivity (Wildman–Crippen MR) is 128 cm³/mol. The van der Waals surface area contributed by atoms with Crippen LogP contribution in [-0.4, -0.2) is 51.9 Å². The molecule has 2 aromatic carbocycles. The standard InChI is InChI=1S/C26H23N5O/c32-26(31-11-9-27-10-12-31)18-3-1-17(2-4-18)21-14-22-23(16-30-25(22)29-15-21)19-5-6-24-20(13-19)7-8-28-24/h1-8,13-16,27-28H,9-12H2,(H,29,30). The van der Waals surface area contributed by atoms with Gasteiger partial charge in [-0.2, -0.15) is 0 Å². The molecule has 6 heteroatoms. The van der Waals surface area contributed by atoms with E-state index in [1.165, 1.54) is 5.39 Å². The molecular weight excluding hydrogens is 398 g/mol. The molecule has 1 aliphatic rings. The highest BCUT2D eigenvalue weighted by Gasteiger charge is 2.18. The van der Waals surface area contributed by atoms with Gasteiger partial charge in [-0.1, -0.05) is 18.2 Å². The number of fused-ring (bicyclic) bond motifs is 2. The quantitative estimate of drug-likeness (QED) is 0.404. The van der Waals surface area contributed by atoms with Crippen LogP contribution in [0.4, 0.5) is 0 Å². The molecule has 1 fully saturated rings. The molecule has 0 atom stereocenters. The number of hydrogen-bond acceptors (Lipinski definition) is 3. The zero-order valence-electron chi connectivity index (χ0n) is 17.6. The Morgan fingerprint density at radius 2 is 1.69 bits per heavy atom. The van der Waals surface area contributed by atoms with Crippen molar-refractivity contribution in [2.45, 2.75) is 0 Å². The largest absolute Gasteiger partial charge is 0.361 e. The molecule has 3 aromatic heterocycles. The van der Waals surface area contributed by atoms with Crippen LogP contribution in [-0.2, 0) is 0 Å². The first-order chi connectivity index (χ1) is 15.8. The van der Waals surface area contributed by atoms with E-state index in [1.807, 2.05) is 47.8 Å². The molecule has 4 heterocycles. The van der Waals surface area contributed by atoms with Crippen LogP contribution in [0.2, 0.25) is 0 Å². The molecule has 1 aliphatic heterocycles. The van der Waals surface area contributed by atoms with Crippen molar-refractivity contribution in [3.8, 4) is 22.3 Å². The molecule has 32 heavy (non-hydrogen) atoms. The Balaban J connectivity index is 1.33. The van der Waals surface area contributed by atoms with Crippen LogP contribution in [0.15, 0.2) is 73.2 Å². The summed E-state index contributed by atoms with van der Waals surface area (Å²) in [6.07, 6.45) is 5.86. The maximum absolute atomic E-state index is 12.7. The van der Waals surface area contributed by atoms with Gasteiger partial charge in [-0.05, 0) is 52.9 Å². The van der Waals surface area contributed by atoms with E-state index in [0.717, 1.165) is 70.5 Å². The highest BCUT2D eigenvalue weighted by atomic mass is 16.2. The highest BCUT2D eigenvalue weighted by molar-refractivity contribution is 5.98. The molecule has 0 radical (unpaired) electrons. The summed E-state index contributed by atoms with van der Waals surface area (Å²) in [4.78, 5) is 25.8. The Labute approximate surface area is 185 Å². The second-order valence-electron chi connectivity index (χ2n) is 8.22. The van der Waals surface area contributed by atoms with Crippen molar-refractivity contribution in [3.05, 3.63) is 78.8 Å². The minimum atomic E-state index is 0.0969. The summed E-state index contributed by atoms with van der Waals surface area (Å²) in [6, 6.07) is 18.5. The van der Waals surface area contributed by atoms with Gasteiger partial charge in [0.2, 0.25) is 0 Å². The van der Waals surface area contributed by atoms with Crippen molar-refractivity contribution in [2.75, 3.05) is 26.2 Å². The molecule has 1 amide bonds. The van der Waals surface area contributed by atoms with Gasteiger partial charge in [0.15, 0.2) is 0 Å². The SMILES string of the molecule is O=C(c1ccc(-c2cnc3[nH]cc(-c4ccc5[nH]ccc5c4)c3c2)cc1)N1CCNCC1. The van der Waals surface area contributed by atoms with E-state index < -0.39 is 0 Å². The third-order valence-corrected chi connectivity index (χ3v) is 6.26. The van der Waals surface area contributed by atoms with Crippen molar-refractivity contribution in [1.82, 2.24) is 25.2 Å². The Morgan fingerprint density at radius 1 is 0.875 bits per heavy atom. The lowest BCUT2D eigenvalue weighted by atomic mass is 10.0. The number of rotatable bonds is 3. The van der Waals surface area contributed by atoms with Crippen LogP contribution in [0, 0.1) is 0 Å². The Bertz CT molecular complexity index is 1420. The molecule has 6 rings (SSSR count). The molecular formula is C26H23N5O. The number of H-pyrrole nitrogens is 2. The molecule has 1 saturated heterocycles. The summed E-state index contributed by atoms with van der Waals surface area (Å²) < 4.78 is 0. The van der Waals surface area contributed by atoms with Crippen LogP contribution in [0.3, 0.4) is 0 Å². The number of aromatic nitrogens is 3. The maximum Gasteiger partial charge on any atom is 0.253 e. The summed E-state index contributed by atoms with van der Waals surface area (Å²) in [5, 5.41) is 5.55. The number of carbonyl (C=O) groups excluding carboxylic acids is 1. The minimum absolute atomic E-state index is 0.0969. The molecule has 5 aromatic rings. The Kier molecular flexibility index (Phi) is 4.51. The minimum Gasteiger partial charge on any atom is -0.361 e. The molecule has 158 valence electrons. The number of nitrogens with one attached hydrogen (secondary N) is 3. The van der Waals surface area contributed by atoms with Crippen LogP contribution in [0.5, 0.6) is 0 Å². The van der Waals surface area contributed by atoms with E-state index in [1.54, 1.807) is 0 Å². The number of carbonyl (C=O) groups is 1. The van der Waals surface area contributed by atoms with Crippen molar-refractivity contribution in [2.24, 2.45) is 0 Å². The number of aromatic amines is 2. The zero-order chi connectivity index (χ0) is 21.5. The number of benzene rings is 2. The molecule has 0 bridgehead atoms. The van der Waals surface area contributed by atoms with E-state index >= 15 is 0 Å². The van der Waals surface area contributed by atoms with E-state index in [-0.39, 0.29) is 5.91 Å². The topological polar surface area (TPSA) is 76.8 Å². The summed E-state index contributed by atoms with van der Waals surface area (Å²) in [7, 11) is 0. The van der Waals surface area contributed by atoms with Gasteiger partial charge in [0.25, 0.3) is 5.91 Å². The average molecular weight is 422 g/mol. The van der Waals surface area contributed by atoms with Gasteiger partial charge in [-0.25, -0.2) is 4.98 Å². The lowest BCUT2D eigenvalue weighted by Gasteiger charge is -2.27. The third kappa shape index (κ3) is 3.25. The normalized spacial score (nSPS) is 14.3. The van der Waals surface area contributed by atoms with Gasteiger partial charge in [0, 0.05) is 72.4 Å². The fourth-order valence-electron chi connectivity index (χ4n) is 4.48. The summed E-state index contributed by atoms with van der Waals surface area (Å²) in [5.41, 5.74) is 7.08. The van der Waals surface area contributed by atoms with Gasteiger partial charge < -0.3 is 20.2 Å². The van der Waals surface area contributed by atoms with Gasteiger partial charge in [-0.3, -0.25) is 4.79 Å². The fourth-order valence-corrected chi connectivity index (χ4v) is 4.48. The first-order valence-corrected chi connectivity index (χ1v) is 10.9. The smallest absolute Gasteiger partial charge is 0.253 e. The average Bonchev–Trinajstić information content (AvgIpc) is 3.50. The van der Waals surface area contributed by atoms with Crippen LogP contribution < -0.4 is 5.32 Å². The number of pyridine rings is 1. The van der Waals surface area contributed by atoms with Crippen molar-refractivity contribution in [3.63, 3.8) is 0 Å². The van der Waals surface area contributed by atoms with E-state index in [9.17, 15) is 4.79 Å². The number of amides is 1. The molecule has 0 unspecified atom stereocenters. The summed E-state index contributed by atoms with van der Waals surface area (Å²) in [6.45, 7) is 3.22. The summed E-state index contributed by atoms with van der Waals surface area (Å²) in [5.74, 6) is 0.0969. The Hall–Kier alpha value is -3.90.